The van der Waals surface area contributed by atoms with E-state index in [1.165, 1.54) is 18.2 Å². The molecule has 1 aromatic heterocycles. The van der Waals surface area contributed by atoms with Gasteiger partial charge in [-0.2, -0.15) is 0 Å². The van der Waals surface area contributed by atoms with Crippen molar-refractivity contribution in [1.82, 2.24) is 0 Å². The van der Waals surface area contributed by atoms with Crippen molar-refractivity contribution in [3.63, 3.8) is 0 Å². The number of carbonyl (C=O) groups excluding carboxylic acids is 1. The van der Waals surface area contributed by atoms with Gasteiger partial charge in [0.15, 0.2) is 5.58 Å². The highest BCUT2D eigenvalue weighted by atomic mass is 16.4. The summed E-state index contributed by atoms with van der Waals surface area (Å²) in [5.41, 5.74) is 6.02. The minimum Gasteiger partial charge on any atom is -0.508 e. The van der Waals surface area contributed by atoms with Crippen LogP contribution in [-0.2, 0) is 0 Å². The number of aromatic hydroxyl groups is 1. The second-order valence-corrected chi connectivity index (χ2v) is 4.58. The zero-order chi connectivity index (χ0) is 15.0. The van der Waals surface area contributed by atoms with E-state index >= 15 is 0 Å². The molecule has 3 aromatic rings. The molecule has 2 aromatic carbocycles. The number of hydrogen-bond acceptors (Lipinski definition) is 4. The molecule has 0 bridgehead atoms. The van der Waals surface area contributed by atoms with Crippen LogP contribution in [0.2, 0.25) is 0 Å². The van der Waals surface area contributed by atoms with Crippen molar-refractivity contribution in [2.24, 2.45) is 5.73 Å². The van der Waals surface area contributed by atoms with Crippen LogP contribution in [0.3, 0.4) is 0 Å². The summed E-state index contributed by atoms with van der Waals surface area (Å²) in [5, 5.41) is 9.89. The topological polar surface area (TPSA) is 93.5 Å². The molecule has 1 amide bonds. The molecule has 0 aliphatic heterocycles. The number of hydrogen-bond donors (Lipinski definition) is 2. The van der Waals surface area contributed by atoms with Gasteiger partial charge in [-0.3, -0.25) is 4.79 Å². The maximum absolute atomic E-state index is 12.1. The minimum atomic E-state index is -0.652. The lowest BCUT2D eigenvalue weighted by atomic mass is 10.0. The Labute approximate surface area is 119 Å². The first-order valence-electron chi connectivity index (χ1n) is 6.22. The maximum Gasteiger partial charge on any atom is 0.344 e. The third kappa shape index (κ3) is 2.25. The Morgan fingerprint density at radius 3 is 2.48 bits per heavy atom. The van der Waals surface area contributed by atoms with Crippen molar-refractivity contribution in [1.29, 1.82) is 0 Å². The Kier molecular flexibility index (Phi) is 2.95. The van der Waals surface area contributed by atoms with Crippen LogP contribution in [0.15, 0.2) is 57.7 Å². The lowest BCUT2D eigenvalue weighted by molar-refractivity contribution is 0.100. The lowest BCUT2D eigenvalue weighted by Gasteiger charge is -2.05. The molecular formula is C16H11NO4. The molecule has 0 aliphatic rings. The molecule has 3 rings (SSSR count). The molecule has 3 N–H and O–H groups in total. The monoisotopic (exact) mass is 281 g/mol. The number of carbonyl (C=O) groups is 1. The Morgan fingerprint density at radius 1 is 1.10 bits per heavy atom. The summed E-state index contributed by atoms with van der Waals surface area (Å²) < 4.78 is 5.25. The van der Waals surface area contributed by atoms with Crippen molar-refractivity contribution in [2.45, 2.75) is 0 Å². The summed E-state index contributed by atoms with van der Waals surface area (Å²) in [5.74, 6) is -0.541. The van der Waals surface area contributed by atoms with Crippen LogP contribution in [-0.4, -0.2) is 11.0 Å². The molecule has 0 unspecified atom stereocenters. The van der Waals surface area contributed by atoms with Gasteiger partial charge in [-0.1, -0.05) is 24.3 Å². The van der Waals surface area contributed by atoms with E-state index in [1.807, 2.05) is 0 Å². The first-order chi connectivity index (χ1) is 10.1. The molecule has 0 saturated heterocycles. The number of fused-ring (bicyclic) bond motifs is 1. The van der Waals surface area contributed by atoms with Gasteiger partial charge in [-0.15, -0.1) is 0 Å². The first kappa shape index (κ1) is 12.9. The fourth-order valence-electron chi connectivity index (χ4n) is 2.18. The van der Waals surface area contributed by atoms with E-state index in [2.05, 4.69) is 0 Å². The predicted molar refractivity (Wildman–Crippen MR) is 78.1 cm³/mol. The summed E-state index contributed by atoms with van der Waals surface area (Å²) in [6, 6.07) is 12.7. The molecule has 0 saturated carbocycles. The number of phenolic OH excluding ortho intramolecular Hbond substituents is 1. The summed E-state index contributed by atoms with van der Waals surface area (Å²) in [6.07, 6.45) is 0. The van der Waals surface area contributed by atoms with E-state index in [9.17, 15) is 14.7 Å². The number of amides is 1. The van der Waals surface area contributed by atoms with Gasteiger partial charge in [-0.05, 0) is 29.8 Å². The van der Waals surface area contributed by atoms with Gasteiger partial charge in [0.2, 0.25) is 0 Å². The summed E-state index contributed by atoms with van der Waals surface area (Å²) in [4.78, 5) is 23.5. The molecule has 0 fully saturated rings. The molecule has 21 heavy (non-hydrogen) atoms. The second-order valence-electron chi connectivity index (χ2n) is 4.58. The standard InChI is InChI=1S/C16H11NO4/c17-15(19)12-3-1-2-10-8-13(16(20)21-14(10)12)9-4-6-11(18)7-5-9/h1-8,18H,(H2,17,19). The van der Waals surface area contributed by atoms with Crippen LogP contribution in [0, 0.1) is 0 Å². The van der Waals surface area contributed by atoms with Crippen LogP contribution in [0.5, 0.6) is 5.75 Å². The largest absolute Gasteiger partial charge is 0.508 e. The lowest BCUT2D eigenvalue weighted by Crippen LogP contribution is -2.12. The molecule has 1 heterocycles. The molecule has 0 aliphatic carbocycles. The Bertz CT molecular complexity index is 894. The van der Waals surface area contributed by atoms with E-state index in [-0.39, 0.29) is 16.9 Å². The number of benzene rings is 2. The molecule has 104 valence electrons. The van der Waals surface area contributed by atoms with E-state index in [1.54, 1.807) is 30.3 Å². The summed E-state index contributed by atoms with van der Waals surface area (Å²) in [6.45, 7) is 0. The van der Waals surface area contributed by atoms with Crippen molar-refractivity contribution in [3.8, 4) is 16.9 Å². The Morgan fingerprint density at radius 2 is 1.81 bits per heavy atom. The highest BCUT2D eigenvalue weighted by Gasteiger charge is 2.13. The van der Waals surface area contributed by atoms with Crippen LogP contribution >= 0.6 is 0 Å². The van der Waals surface area contributed by atoms with Crippen molar-refractivity contribution >= 4 is 16.9 Å². The van der Waals surface area contributed by atoms with Gasteiger partial charge in [0.1, 0.15) is 5.75 Å². The average molecular weight is 281 g/mol. The molecule has 5 heteroatoms. The van der Waals surface area contributed by atoms with Gasteiger partial charge >= 0.3 is 5.63 Å². The molecule has 0 spiro atoms. The maximum atomic E-state index is 12.1. The fourth-order valence-corrected chi connectivity index (χ4v) is 2.18. The highest BCUT2D eigenvalue weighted by molar-refractivity contribution is 6.04. The molecular weight excluding hydrogens is 270 g/mol. The number of phenols is 1. The van der Waals surface area contributed by atoms with Crippen molar-refractivity contribution in [3.05, 3.63) is 64.5 Å². The third-order valence-corrected chi connectivity index (χ3v) is 3.20. The van der Waals surface area contributed by atoms with Crippen LogP contribution in [0.1, 0.15) is 10.4 Å². The average Bonchev–Trinajstić information content (AvgIpc) is 2.47. The van der Waals surface area contributed by atoms with Crippen LogP contribution in [0.4, 0.5) is 0 Å². The van der Waals surface area contributed by atoms with Crippen LogP contribution < -0.4 is 11.4 Å². The summed E-state index contributed by atoms with van der Waals surface area (Å²) in [7, 11) is 0. The molecule has 5 nitrogen and oxygen atoms in total. The number of rotatable bonds is 2. The molecule has 0 atom stereocenters. The minimum absolute atomic E-state index is 0.111. The van der Waals surface area contributed by atoms with E-state index in [0.717, 1.165) is 0 Å². The highest BCUT2D eigenvalue weighted by Crippen LogP contribution is 2.24. The van der Waals surface area contributed by atoms with E-state index in [0.29, 0.717) is 16.5 Å². The van der Waals surface area contributed by atoms with E-state index in [4.69, 9.17) is 10.2 Å². The van der Waals surface area contributed by atoms with E-state index < -0.39 is 11.5 Å². The van der Waals surface area contributed by atoms with Crippen LogP contribution in [0.25, 0.3) is 22.1 Å². The van der Waals surface area contributed by atoms with Gasteiger partial charge in [0.25, 0.3) is 5.91 Å². The smallest absolute Gasteiger partial charge is 0.344 e. The SMILES string of the molecule is NC(=O)c1cccc2cc(-c3ccc(O)cc3)c(=O)oc12. The first-order valence-corrected chi connectivity index (χ1v) is 6.22. The number of para-hydroxylation sites is 1. The predicted octanol–water partition coefficient (Wildman–Crippen LogP) is 2.26. The fraction of sp³-hybridized carbons (Fsp3) is 0. The van der Waals surface area contributed by atoms with Gasteiger partial charge in [0.05, 0.1) is 11.1 Å². The van der Waals surface area contributed by atoms with Crippen molar-refractivity contribution in [2.75, 3.05) is 0 Å². The van der Waals surface area contributed by atoms with Gasteiger partial charge in [0, 0.05) is 5.39 Å². The Balaban J connectivity index is 2.27. The Hall–Kier alpha value is -3.08. The summed E-state index contributed by atoms with van der Waals surface area (Å²) >= 11 is 0. The zero-order valence-corrected chi connectivity index (χ0v) is 10.9. The zero-order valence-electron chi connectivity index (χ0n) is 10.9. The quantitative estimate of drug-likeness (QED) is 0.704. The number of primary amides is 1. The second kappa shape index (κ2) is 4.79. The molecule has 0 radical (unpaired) electrons. The normalized spacial score (nSPS) is 10.7. The number of nitrogens with two attached hydrogens (primary N) is 1. The van der Waals surface area contributed by atoms with Crippen molar-refractivity contribution < 1.29 is 14.3 Å². The van der Waals surface area contributed by atoms with Gasteiger partial charge in [-0.25, -0.2) is 4.79 Å². The van der Waals surface area contributed by atoms with Gasteiger partial charge < -0.3 is 15.3 Å². The third-order valence-electron chi connectivity index (χ3n) is 3.20.